The lowest BCUT2D eigenvalue weighted by molar-refractivity contribution is 0.244. The van der Waals surface area contributed by atoms with Gasteiger partial charge in [0.2, 0.25) is 10.0 Å². The molecule has 1 unspecified atom stereocenters. The van der Waals surface area contributed by atoms with Crippen molar-refractivity contribution in [2.24, 2.45) is 0 Å². The number of nitrogens with one attached hydrogen (secondary N) is 1. The van der Waals surface area contributed by atoms with Crippen LogP contribution in [0.2, 0.25) is 0 Å². The minimum atomic E-state index is -3.63. The number of rotatable bonds is 6. The van der Waals surface area contributed by atoms with Gasteiger partial charge in [-0.15, -0.1) is 11.3 Å². The molecule has 0 aromatic carbocycles. The third kappa shape index (κ3) is 3.49. The first-order valence-corrected chi connectivity index (χ1v) is 8.53. The third-order valence-corrected chi connectivity index (χ3v) is 5.41. The highest BCUT2D eigenvalue weighted by Gasteiger charge is 2.23. The molecule has 0 bridgehead atoms. The van der Waals surface area contributed by atoms with E-state index in [0.29, 0.717) is 6.42 Å². The van der Waals surface area contributed by atoms with Crippen LogP contribution in [0.3, 0.4) is 0 Å². The Morgan fingerprint density at radius 3 is 2.80 bits per heavy atom. The van der Waals surface area contributed by atoms with Crippen LogP contribution in [0.15, 0.2) is 32.9 Å². The fourth-order valence-electron chi connectivity index (χ4n) is 1.97. The zero-order valence-electron chi connectivity index (χ0n) is 11.3. The van der Waals surface area contributed by atoms with Crippen molar-refractivity contribution >= 4 is 21.4 Å². The Bertz CT molecular complexity index is 659. The average molecular weight is 315 g/mol. The first kappa shape index (κ1) is 15.2. The summed E-state index contributed by atoms with van der Waals surface area (Å²) < 4.78 is 32.3. The fourth-order valence-corrected chi connectivity index (χ4v) is 4.25. The molecule has 2 aromatic heterocycles. The average Bonchev–Trinajstić information content (AvgIpc) is 2.97. The van der Waals surface area contributed by atoms with Crippen molar-refractivity contribution < 1.29 is 17.9 Å². The lowest BCUT2D eigenvalue weighted by Gasteiger charge is -2.12. The molecule has 5 nitrogen and oxygen atoms in total. The molecule has 0 saturated heterocycles. The Morgan fingerprint density at radius 2 is 2.25 bits per heavy atom. The van der Waals surface area contributed by atoms with Crippen molar-refractivity contribution in [3.63, 3.8) is 0 Å². The van der Waals surface area contributed by atoms with E-state index in [1.165, 1.54) is 6.07 Å². The number of furan rings is 1. The summed E-state index contributed by atoms with van der Waals surface area (Å²) in [7, 11) is -3.63. The molecule has 2 aromatic rings. The highest BCUT2D eigenvalue weighted by atomic mass is 32.2. The first-order chi connectivity index (χ1) is 9.42. The Hall–Kier alpha value is -1.15. The van der Waals surface area contributed by atoms with Crippen molar-refractivity contribution in [2.45, 2.75) is 37.8 Å². The van der Waals surface area contributed by atoms with Crippen LogP contribution in [0.25, 0.3) is 0 Å². The summed E-state index contributed by atoms with van der Waals surface area (Å²) in [5.74, 6) is 0.527. The number of aryl methyl sites for hydroxylation is 1. The van der Waals surface area contributed by atoms with E-state index >= 15 is 0 Å². The topological polar surface area (TPSA) is 79.5 Å². The third-order valence-electron chi connectivity index (χ3n) is 2.81. The number of hydrogen-bond acceptors (Lipinski definition) is 5. The second-order valence-corrected chi connectivity index (χ2v) is 7.31. The summed E-state index contributed by atoms with van der Waals surface area (Å²) >= 11 is 1.60. The largest absolute Gasteiger partial charge is 0.462 e. The summed E-state index contributed by atoms with van der Waals surface area (Å²) in [5, 5.41) is 10.9. The number of sulfonamides is 1. The second kappa shape index (κ2) is 6.09. The van der Waals surface area contributed by atoms with Crippen LogP contribution in [0.1, 0.15) is 23.3 Å². The van der Waals surface area contributed by atoms with E-state index in [4.69, 9.17) is 9.52 Å². The molecule has 1 atom stereocenters. The van der Waals surface area contributed by atoms with Gasteiger partial charge in [-0.3, -0.25) is 0 Å². The zero-order chi connectivity index (χ0) is 14.8. The molecule has 2 N–H and O–H groups in total. The van der Waals surface area contributed by atoms with Crippen molar-refractivity contribution in [1.82, 2.24) is 4.72 Å². The zero-order valence-corrected chi connectivity index (χ0v) is 12.9. The highest BCUT2D eigenvalue weighted by Crippen LogP contribution is 2.21. The van der Waals surface area contributed by atoms with Gasteiger partial charge >= 0.3 is 0 Å². The standard InChI is InChI=1S/C13H17NO4S2/c1-9(6-12-4-3-5-19-12)14-20(16,17)13-7-11(8-15)18-10(13)2/h3-5,7,9,14-15H,6,8H2,1-2H3. The van der Waals surface area contributed by atoms with Gasteiger partial charge in [0.15, 0.2) is 0 Å². The van der Waals surface area contributed by atoms with E-state index in [9.17, 15) is 8.42 Å². The number of thiophene rings is 1. The van der Waals surface area contributed by atoms with Crippen molar-refractivity contribution in [1.29, 1.82) is 0 Å². The van der Waals surface area contributed by atoms with Gasteiger partial charge in [0, 0.05) is 17.0 Å². The maximum Gasteiger partial charge on any atom is 0.244 e. The molecule has 0 spiro atoms. The number of aliphatic hydroxyl groups excluding tert-OH is 1. The normalized spacial score (nSPS) is 13.6. The van der Waals surface area contributed by atoms with Crippen LogP contribution in [0.4, 0.5) is 0 Å². The molecule has 0 aliphatic carbocycles. The Morgan fingerprint density at radius 1 is 1.50 bits per heavy atom. The molecule has 110 valence electrons. The van der Waals surface area contributed by atoms with Crippen LogP contribution in [0, 0.1) is 6.92 Å². The van der Waals surface area contributed by atoms with Gasteiger partial charge in [0.1, 0.15) is 23.0 Å². The predicted molar refractivity (Wildman–Crippen MR) is 77.2 cm³/mol. The lowest BCUT2D eigenvalue weighted by Crippen LogP contribution is -2.34. The maximum absolute atomic E-state index is 12.3. The van der Waals surface area contributed by atoms with E-state index in [1.54, 1.807) is 18.3 Å². The molecular formula is C13H17NO4S2. The van der Waals surface area contributed by atoms with Crippen LogP contribution < -0.4 is 4.72 Å². The molecule has 0 radical (unpaired) electrons. The van der Waals surface area contributed by atoms with Gasteiger partial charge in [-0.05, 0) is 31.7 Å². The second-order valence-electron chi connectivity index (χ2n) is 4.60. The summed E-state index contributed by atoms with van der Waals surface area (Å²) in [6.07, 6.45) is 0.640. The van der Waals surface area contributed by atoms with E-state index in [0.717, 1.165) is 4.88 Å². The molecular weight excluding hydrogens is 298 g/mol. The molecule has 0 fully saturated rings. The molecule has 0 amide bonds. The predicted octanol–water partition coefficient (Wildman–Crippen LogP) is 2.05. The molecule has 7 heteroatoms. The van der Waals surface area contributed by atoms with E-state index in [-0.39, 0.29) is 29.1 Å². The van der Waals surface area contributed by atoms with Gasteiger partial charge in [0.25, 0.3) is 0 Å². The summed E-state index contributed by atoms with van der Waals surface area (Å²) in [6, 6.07) is 5.05. The number of aliphatic hydroxyl groups is 1. The Balaban J connectivity index is 2.12. The van der Waals surface area contributed by atoms with Crippen molar-refractivity contribution in [2.75, 3.05) is 0 Å². The van der Waals surface area contributed by atoms with Crippen LogP contribution in [0.5, 0.6) is 0 Å². The van der Waals surface area contributed by atoms with Gasteiger partial charge in [-0.1, -0.05) is 6.07 Å². The van der Waals surface area contributed by atoms with Crippen LogP contribution in [-0.2, 0) is 23.1 Å². The summed E-state index contributed by atoms with van der Waals surface area (Å²) in [6.45, 7) is 3.07. The van der Waals surface area contributed by atoms with E-state index < -0.39 is 10.0 Å². The van der Waals surface area contributed by atoms with E-state index in [1.807, 2.05) is 24.4 Å². The van der Waals surface area contributed by atoms with Gasteiger partial charge in [-0.25, -0.2) is 13.1 Å². The molecule has 2 rings (SSSR count). The minimum Gasteiger partial charge on any atom is -0.462 e. The number of hydrogen-bond donors (Lipinski definition) is 2. The smallest absolute Gasteiger partial charge is 0.244 e. The summed E-state index contributed by atoms with van der Waals surface area (Å²) in [5.41, 5.74) is 0. The minimum absolute atomic E-state index is 0.0829. The molecule has 0 aliphatic rings. The van der Waals surface area contributed by atoms with Gasteiger partial charge in [-0.2, -0.15) is 0 Å². The Kier molecular flexibility index (Phi) is 4.64. The summed E-state index contributed by atoms with van der Waals surface area (Å²) in [4.78, 5) is 1.21. The highest BCUT2D eigenvalue weighted by molar-refractivity contribution is 7.89. The monoisotopic (exact) mass is 315 g/mol. The molecule has 20 heavy (non-hydrogen) atoms. The molecule has 2 heterocycles. The lowest BCUT2D eigenvalue weighted by atomic mass is 10.2. The quantitative estimate of drug-likeness (QED) is 0.855. The Labute approximate surface area is 122 Å². The van der Waals surface area contributed by atoms with Crippen LogP contribution in [-0.4, -0.2) is 19.6 Å². The van der Waals surface area contributed by atoms with Crippen molar-refractivity contribution in [3.05, 3.63) is 40.0 Å². The molecule has 0 aliphatic heterocycles. The first-order valence-electron chi connectivity index (χ1n) is 6.17. The van der Waals surface area contributed by atoms with Gasteiger partial charge < -0.3 is 9.52 Å². The SMILES string of the molecule is Cc1oc(CO)cc1S(=O)(=O)NC(C)Cc1cccs1. The van der Waals surface area contributed by atoms with Gasteiger partial charge in [0.05, 0.1) is 0 Å². The van der Waals surface area contributed by atoms with Crippen molar-refractivity contribution in [3.8, 4) is 0 Å². The molecule has 0 saturated carbocycles. The fraction of sp³-hybridized carbons (Fsp3) is 0.385. The van der Waals surface area contributed by atoms with Crippen LogP contribution >= 0.6 is 11.3 Å². The van der Waals surface area contributed by atoms with E-state index in [2.05, 4.69) is 4.72 Å². The maximum atomic E-state index is 12.3.